The third-order valence-corrected chi connectivity index (χ3v) is 5.05. The van der Waals surface area contributed by atoms with Crippen molar-refractivity contribution in [1.82, 2.24) is 14.8 Å². The molecule has 1 aromatic heterocycles. The maximum atomic E-state index is 12.5. The maximum absolute atomic E-state index is 12.5. The fourth-order valence-corrected chi connectivity index (χ4v) is 3.95. The summed E-state index contributed by atoms with van der Waals surface area (Å²) in [6.45, 7) is 2.66. The van der Waals surface area contributed by atoms with E-state index in [9.17, 15) is 9.59 Å². The molecule has 2 atom stereocenters. The quantitative estimate of drug-likeness (QED) is 0.921. The highest BCUT2D eigenvalue weighted by atomic mass is 16.2. The highest BCUT2D eigenvalue weighted by Gasteiger charge is 2.36. The van der Waals surface area contributed by atoms with Gasteiger partial charge in [-0.1, -0.05) is 36.4 Å². The van der Waals surface area contributed by atoms with Crippen molar-refractivity contribution in [3.63, 3.8) is 0 Å². The van der Waals surface area contributed by atoms with Gasteiger partial charge in [-0.3, -0.25) is 4.79 Å². The summed E-state index contributed by atoms with van der Waals surface area (Å²) >= 11 is 0. The second kappa shape index (κ2) is 6.15. The number of amides is 2. The van der Waals surface area contributed by atoms with Crippen LogP contribution < -0.4 is 10.9 Å². The van der Waals surface area contributed by atoms with Gasteiger partial charge in [0.1, 0.15) is 0 Å². The summed E-state index contributed by atoms with van der Waals surface area (Å²) in [5.41, 5.74) is 2.24. The number of aromatic nitrogens is 1. The van der Waals surface area contributed by atoms with Crippen LogP contribution in [0.3, 0.4) is 0 Å². The molecule has 2 amide bonds. The van der Waals surface area contributed by atoms with E-state index in [1.807, 2.05) is 51.9 Å². The Morgan fingerprint density at radius 3 is 2.71 bits per heavy atom. The second-order valence-electron chi connectivity index (χ2n) is 6.75. The molecule has 1 fully saturated rings. The molecule has 1 N–H and O–H groups in total. The van der Waals surface area contributed by atoms with E-state index >= 15 is 0 Å². The van der Waals surface area contributed by atoms with E-state index in [0.717, 1.165) is 24.2 Å². The Morgan fingerprint density at radius 1 is 1.04 bits per heavy atom. The number of benzene rings is 1. The van der Waals surface area contributed by atoms with Crippen LogP contribution in [0.2, 0.25) is 0 Å². The lowest BCUT2D eigenvalue weighted by Gasteiger charge is -2.42. The standard InChI is InChI=1S/C19H21N3O2/c23-18-8-4-7-17-16-9-15(12-22(17)18)11-21(13-16)19(24)20-10-14-5-2-1-3-6-14/h1-8,15-16H,9-13H2,(H,20,24). The number of fused-ring (bicyclic) bond motifs is 4. The molecule has 5 nitrogen and oxygen atoms in total. The van der Waals surface area contributed by atoms with Gasteiger partial charge < -0.3 is 14.8 Å². The van der Waals surface area contributed by atoms with E-state index in [1.54, 1.807) is 6.07 Å². The Kier molecular flexibility index (Phi) is 3.84. The highest BCUT2D eigenvalue weighted by molar-refractivity contribution is 5.74. The zero-order valence-corrected chi connectivity index (χ0v) is 13.5. The lowest BCUT2D eigenvalue weighted by molar-refractivity contribution is 0.131. The first-order valence-corrected chi connectivity index (χ1v) is 8.47. The molecular weight excluding hydrogens is 302 g/mol. The number of likely N-dealkylation sites (tertiary alicyclic amines) is 1. The summed E-state index contributed by atoms with van der Waals surface area (Å²) in [5.74, 6) is 0.618. The van der Waals surface area contributed by atoms with Gasteiger partial charge in [0.25, 0.3) is 5.56 Å². The molecule has 1 aromatic carbocycles. The number of nitrogens with zero attached hydrogens (tertiary/aromatic N) is 2. The van der Waals surface area contributed by atoms with Crippen LogP contribution in [0.5, 0.6) is 0 Å². The molecule has 4 rings (SSSR count). The Bertz CT molecular complexity index is 800. The minimum atomic E-state index is -0.0136. The van der Waals surface area contributed by atoms with Gasteiger partial charge in [-0.2, -0.15) is 0 Å². The molecule has 2 aliphatic rings. The third kappa shape index (κ3) is 2.82. The number of piperidine rings is 1. The normalized spacial score (nSPS) is 21.9. The van der Waals surface area contributed by atoms with Crippen LogP contribution in [0.15, 0.2) is 53.3 Å². The molecule has 0 saturated carbocycles. The number of hydrogen-bond acceptors (Lipinski definition) is 2. The summed E-state index contributed by atoms with van der Waals surface area (Å²) in [6, 6.07) is 15.4. The fourth-order valence-electron chi connectivity index (χ4n) is 3.95. The molecule has 2 bridgehead atoms. The Hall–Kier alpha value is -2.56. The molecule has 0 aliphatic carbocycles. The zero-order chi connectivity index (χ0) is 16.5. The van der Waals surface area contributed by atoms with Crippen molar-refractivity contribution in [2.75, 3.05) is 13.1 Å². The van der Waals surface area contributed by atoms with E-state index in [1.165, 1.54) is 0 Å². The predicted octanol–water partition coefficient (Wildman–Crippen LogP) is 2.18. The van der Waals surface area contributed by atoms with Crippen molar-refractivity contribution >= 4 is 6.03 Å². The number of nitrogens with one attached hydrogen (secondary N) is 1. The Balaban J connectivity index is 1.46. The molecule has 24 heavy (non-hydrogen) atoms. The minimum absolute atomic E-state index is 0.0136. The lowest BCUT2D eigenvalue weighted by atomic mass is 9.83. The number of hydrogen-bond donors (Lipinski definition) is 1. The average molecular weight is 323 g/mol. The Morgan fingerprint density at radius 2 is 1.88 bits per heavy atom. The van der Waals surface area contributed by atoms with Crippen LogP contribution in [-0.2, 0) is 13.1 Å². The first-order chi connectivity index (χ1) is 11.7. The summed E-state index contributed by atoms with van der Waals surface area (Å²) < 4.78 is 1.89. The van der Waals surface area contributed by atoms with Gasteiger partial charge in [-0.05, 0) is 24.0 Å². The van der Waals surface area contributed by atoms with Gasteiger partial charge in [-0.25, -0.2) is 4.79 Å². The number of carbonyl (C=O) groups excluding carboxylic acids is 1. The van der Waals surface area contributed by atoms with E-state index in [4.69, 9.17) is 0 Å². The van der Waals surface area contributed by atoms with Crippen molar-refractivity contribution in [1.29, 1.82) is 0 Å². The zero-order valence-electron chi connectivity index (χ0n) is 13.5. The minimum Gasteiger partial charge on any atom is -0.334 e. The molecule has 2 aliphatic heterocycles. The van der Waals surface area contributed by atoms with Crippen molar-refractivity contribution < 1.29 is 4.79 Å². The largest absolute Gasteiger partial charge is 0.334 e. The van der Waals surface area contributed by atoms with E-state index in [2.05, 4.69) is 5.32 Å². The molecule has 2 aromatic rings. The number of rotatable bonds is 2. The lowest BCUT2D eigenvalue weighted by Crippen LogP contribution is -2.51. The van der Waals surface area contributed by atoms with Crippen LogP contribution in [0.1, 0.15) is 23.6 Å². The monoisotopic (exact) mass is 323 g/mol. The van der Waals surface area contributed by atoms with Crippen LogP contribution in [0.4, 0.5) is 4.79 Å². The number of urea groups is 1. The van der Waals surface area contributed by atoms with Crippen LogP contribution in [0, 0.1) is 5.92 Å². The molecular formula is C19H21N3O2. The van der Waals surface area contributed by atoms with Gasteiger partial charge in [0.15, 0.2) is 0 Å². The molecule has 1 saturated heterocycles. The number of pyridine rings is 1. The van der Waals surface area contributed by atoms with Crippen LogP contribution in [0.25, 0.3) is 0 Å². The van der Waals surface area contributed by atoms with Gasteiger partial charge in [0.2, 0.25) is 0 Å². The van der Waals surface area contributed by atoms with Crippen molar-refractivity contribution in [3.8, 4) is 0 Å². The topological polar surface area (TPSA) is 54.3 Å². The van der Waals surface area contributed by atoms with Crippen molar-refractivity contribution in [2.24, 2.45) is 5.92 Å². The predicted molar refractivity (Wildman–Crippen MR) is 91.8 cm³/mol. The highest BCUT2D eigenvalue weighted by Crippen LogP contribution is 2.34. The van der Waals surface area contributed by atoms with Crippen LogP contribution >= 0.6 is 0 Å². The SMILES string of the molecule is O=C(NCc1ccccc1)N1CC2CC(C1)c1cccc(=O)n1C2. The molecule has 3 heterocycles. The van der Waals surface area contributed by atoms with Gasteiger partial charge in [-0.15, -0.1) is 0 Å². The molecule has 0 radical (unpaired) electrons. The van der Waals surface area contributed by atoms with Crippen molar-refractivity contribution in [3.05, 3.63) is 70.1 Å². The van der Waals surface area contributed by atoms with Crippen molar-refractivity contribution in [2.45, 2.75) is 25.4 Å². The average Bonchev–Trinajstić information content (AvgIpc) is 2.61. The summed E-state index contributed by atoms with van der Waals surface area (Å²) in [7, 11) is 0. The Labute approximate surface area is 140 Å². The molecule has 124 valence electrons. The van der Waals surface area contributed by atoms with Gasteiger partial charge in [0, 0.05) is 43.9 Å². The molecule has 2 unspecified atom stereocenters. The van der Waals surface area contributed by atoms with Crippen LogP contribution in [-0.4, -0.2) is 28.6 Å². The summed E-state index contributed by atoms with van der Waals surface area (Å²) in [6.07, 6.45) is 1.06. The molecule has 0 spiro atoms. The summed E-state index contributed by atoms with van der Waals surface area (Å²) in [5, 5.41) is 3.01. The van der Waals surface area contributed by atoms with E-state index in [0.29, 0.717) is 25.6 Å². The maximum Gasteiger partial charge on any atom is 0.317 e. The second-order valence-corrected chi connectivity index (χ2v) is 6.75. The summed E-state index contributed by atoms with van der Waals surface area (Å²) in [4.78, 5) is 26.5. The third-order valence-electron chi connectivity index (χ3n) is 5.05. The fraction of sp³-hybridized carbons (Fsp3) is 0.368. The number of carbonyl (C=O) groups is 1. The molecule has 5 heteroatoms. The first-order valence-electron chi connectivity index (χ1n) is 8.47. The first kappa shape index (κ1) is 15.0. The smallest absolute Gasteiger partial charge is 0.317 e. The van der Waals surface area contributed by atoms with Gasteiger partial charge in [0.05, 0.1) is 0 Å². The van der Waals surface area contributed by atoms with E-state index < -0.39 is 0 Å². The van der Waals surface area contributed by atoms with E-state index in [-0.39, 0.29) is 17.5 Å². The van der Waals surface area contributed by atoms with Gasteiger partial charge >= 0.3 is 6.03 Å².